The number of oxazole rings is 1. The Morgan fingerprint density at radius 2 is 1.96 bits per heavy atom. The molecule has 1 fully saturated rings. The van der Waals surface area contributed by atoms with Crippen LogP contribution >= 0.6 is 11.8 Å². The summed E-state index contributed by atoms with van der Waals surface area (Å²) in [5.41, 5.74) is 4.29. The van der Waals surface area contributed by atoms with E-state index in [9.17, 15) is 9.59 Å². The Kier molecular flexibility index (Phi) is 5.43. The number of carbonyl (C=O) groups excluding carboxylic acids is 1. The van der Waals surface area contributed by atoms with Gasteiger partial charge >= 0.3 is 5.76 Å². The molecule has 0 radical (unpaired) electrons. The highest BCUT2D eigenvalue weighted by molar-refractivity contribution is 7.99. The molecule has 1 N–H and O–H groups in total. The number of para-hydroxylation sites is 2. The number of nitrogens with one attached hydrogen (secondary N) is 1. The molecule has 0 unspecified atom stereocenters. The Labute approximate surface area is 167 Å². The van der Waals surface area contributed by atoms with E-state index in [1.54, 1.807) is 6.07 Å². The van der Waals surface area contributed by atoms with E-state index >= 15 is 0 Å². The number of rotatable bonds is 5. The molecule has 146 valence electrons. The lowest BCUT2D eigenvalue weighted by molar-refractivity contribution is -0.116. The fraction of sp³-hybridized carbons (Fsp3) is 0.333. The van der Waals surface area contributed by atoms with Crippen molar-refractivity contribution in [3.8, 4) is 0 Å². The van der Waals surface area contributed by atoms with Gasteiger partial charge in [-0.1, -0.05) is 12.1 Å². The SMILES string of the molecule is Cc1cc(N2CCSCC2)ccc1NC(=O)CCn1c(=O)oc2ccccc21. The first kappa shape index (κ1) is 18.7. The first-order chi connectivity index (χ1) is 13.6. The van der Waals surface area contributed by atoms with Crippen LogP contribution in [0.2, 0.25) is 0 Å². The molecule has 0 aliphatic carbocycles. The van der Waals surface area contributed by atoms with Gasteiger partial charge in [0, 0.05) is 48.9 Å². The van der Waals surface area contributed by atoms with Gasteiger partial charge in [0.05, 0.1) is 5.52 Å². The predicted molar refractivity (Wildman–Crippen MR) is 114 cm³/mol. The number of hydrogen-bond donors (Lipinski definition) is 1. The topological polar surface area (TPSA) is 67.5 Å². The van der Waals surface area contributed by atoms with Crippen LogP contribution in [0.25, 0.3) is 11.1 Å². The van der Waals surface area contributed by atoms with Crippen LogP contribution in [0.15, 0.2) is 51.7 Å². The van der Waals surface area contributed by atoms with Crippen LogP contribution in [0, 0.1) is 6.92 Å². The first-order valence-electron chi connectivity index (χ1n) is 9.43. The average Bonchev–Trinajstić information content (AvgIpc) is 3.03. The molecule has 1 saturated heterocycles. The number of aryl methyl sites for hydroxylation is 2. The second-order valence-corrected chi connectivity index (χ2v) is 8.11. The van der Waals surface area contributed by atoms with E-state index in [0.717, 1.165) is 35.8 Å². The largest absolute Gasteiger partial charge is 0.419 e. The van der Waals surface area contributed by atoms with Gasteiger partial charge < -0.3 is 14.6 Å². The van der Waals surface area contributed by atoms with Gasteiger partial charge in [-0.15, -0.1) is 0 Å². The van der Waals surface area contributed by atoms with E-state index in [1.165, 1.54) is 10.3 Å². The summed E-state index contributed by atoms with van der Waals surface area (Å²) >= 11 is 1.99. The molecule has 0 atom stereocenters. The van der Waals surface area contributed by atoms with Gasteiger partial charge in [0.15, 0.2) is 5.58 Å². The Morgan fingerprint density at radius 3 is 2.75 bits per heavy atom. The van der Waals surface area contributed by atoms with Crippen LogP contribution in [-0.2, 0) is 11.3 Å². The van der Waals surface area contributed by atoms with Crippen molar-refractivity contribution in [2.45, 2.75) is 19.9 Å². The first-order valence-corrected chi connectivity index (χ1v) is 10.6. The normalized spacial score (nSPS) is 14.4. The van der Waals surface area contributed by atoms with Crippen LogP contribution in [0.4, 0.5) is 11.4 Å². The summed E-state index contributed by atoms with van der Waals surface area (Å²) in [4.78, 5) is 26.8. The van der Waals surface area contributed by atoms with Gasteiger partial charge in [-0.05, 0) is 42.8 Å². The molecule has 2 heterocycles. The van der Waals surface area contributed by atoms with Gasteiger partial charge in [0.2, 0.25) is 5.91 Å². The van der Waals surface area contributed by atoms with E-state index in [4.69, 9.17) is 4.42 Å². The number of carbonyl (C=O) groups is 1. The molecule has 1 amide bonds. The molecule has 28 heavy (non-hydrogen) atoms. The Balaban J connectivity index is 1.41. The molecule has 7 heteroatoms. The molecule has 0 saturated carbocycles. The predicted octanol–water partition coefficient (Wildman–Crippen LogP) is 3.48. The third-order valence-electron chi connectivity index (χ3n) is 5.00. The summed E-state index contributed by atoms with van der Waals surface area (Å²) in [5.74, 6) is 1.75. The van der Waals surface area contributed by atoms with E-state index in [0.29, 0.717) is 11.1 Å². The highest BCUT2D eigenvalue weighted by Crippen LogP contribution is 2.25. The second kappa shape index (κ2) is 8.14. The highest BCUT2D eigenvalue weighted by atomic mass is 32.2. The van der Waals surface area contributed by atoms with Gasteiger partial charge in [-0.25, -0.2) is 4.79 Å². The fourth-order valence-electron chi connectivity index (χ4n) is 3.46. The number of fused-ring (bicyclic) bond motifs is 1. The van der Waals surface area contributed by atoms with Gasteiger partial charge in [0.1, 0.15) is 0 Å². The number of benzene rings is 2. The van der Waals surface area contributed by atoms with Crippen LogP contribution < -0.4 is 16.0 Å². The maximum absolute atomic E-state index is 12.4. The zero-order valence-electron chi connectivity index (χ0n) is 15.8. The van der Waals surface area contributed by atoms with Gasteiger partial charge in [0.25, 0.3) is 0 Å². The van der Waals surface area contributed by atoms with Crippen LogP contribution in [0.1, 0.15) is 12.0 Å². The quantitative estimate of drug-likeness (QED) is 0.714. The van der Waals surface area contributed by atoms with Crippen molar-refractivity contribution in [3.05, 3.63) is 58.6 Å². The van der Waals surface area contributed by atoms with Crippen molar-refractivity contribution in [3.63, 3.8) is 0 Å². The maximum atomic E-state index is 12.4. The molecule has 4 rings (SSSR count). The van der Waals surface area contributed by atoms with Crippen LogP contribution in [-0.4, -0.2) is 35.1 Å². The maximum Gasteiger partial charge on any atom is 0.419 e. The fourth-order valence-corrected chi connectivity index (χ4v) is 4.36. The second-order valence-electron chi connectivity index (χ2n) is 6.88. The zero-order valence-corrected chi connectivity index (χ0v) is 16.6. The molecular formula is C21H23N3O3S. The minimum atomic E-state index is -0.436. The molecule has 0 bridgehead atoms. The third kappa shape index (κ3) is 3.94. The van der Waals surface area contributed by atoms with Gasteiger partial charge in [-0.2, -0.15) is 11.8 Å². The number of hydrogen-bond acceptors (Lipinski definition) is 5. The van der Waals surface area contributed by atoms with Crippen molar-refractivity contribution < 1.29 is 9.21 Å². The van der Waals surface area contributed by atoms with Gasteiger partial charge in [-0.3, -0.25) is 9.36 Å². The number of anilines is 2. The van der Waals surface area contributed by atoms with E-state index in [2.05, 4.69) is 22.3 Å². The molecule has 1 aliphatic heterocycles. The number of nitrogens with zero attached hydrogens (tertiary/aromatic N) is 2. The molecule has 6 nitrogen and oxygen atoms in total. The monoisotopic (exact) mass is 397 g/mol. The Hall–Kier alpha value is -2.67. The minimum absolute atomic E-state index is 0.123. The lowest BCUT2D eigenvalue weighted by Crippen LogP contribution is -2.32. The smallest absolute Gasteiger partial charge is 0.408 e. The standard InChI is InChI=1S/C21H23N3O3S/c1-15-14-16(23-10-12-28-13-11-23)6-7-17(15)22-20(25)8-9-24-18-4-2-3-5-19(18)27-21(24)26/h2-7,14H,8-13H2,1H3,(H,22,25). The summed E-state index contributed by atoms with van der Waals surface area (Å²) in [6.45, 7) is 4.41. The number of aromatic nitrogens is 1. The number of thioether (sulfide) groups is 1. The van der Waals surface area contributed by atoms with Crippen LogP contribution in [0.3, 0.4) is 0 Å². The zero-order chi connectivity index (χ0) is 19.5. The molecule has 2 aromatic carbocycles. The molecule has 1 aromatic heterocycles. The summed E-state index contributed by atoms with van der Waals surface area (Å²) in [7, 11) is 0. The Bertz CT molecular complexity index is 1050. The average molecular weight is 398 g/mol. The Morgan fingerprint density at radius 1 is 1.18 bits per heavy atom. The van der Waals surface area contributed by atoms with E-state index in [1.807, 2.05) is 43.0 Å². The highest BCUT2D eigenvalue weighted by Gasteiger charge is 2.14. The molecule has 3 aromatic rings. The van der Waals surface area contributed by atoms with Crippen molar-refractivity contribution >= 4 is 40.1 Å². The summed E-state index contributed by atoms with van der Waals surface area (Å²) < 4.78 is 6.71. The summed E-state index contributed by atoms with van der Waals surface area (Å²) in [6.07, 6.45) is 0.202. The van der Waals surface area contributed by atoms with Crippen molar-refractivity contribution in [2.75, 3.05) is 34.8 Å². The molecular weight excluding hydrogens is 374 g/mol. The van der Waals surface area contributed by atoms with E-state index < -0.39 is 5.76 Å². The lowest BCUT2D eigenvalue weighted by Gasteiger charge is -2.29. The summed E-state index contributed by atoms with van der Waals surface area (Å²) in [5, 5.41) is 2.96. The molecule has 0 spiro atoms. The van der Waals surface area contributed by atoms with Crippen LogP contribution in [0.5, 0.6) is 0 Å². The summed E-state index contributed by atoms with van der Waals surface area (Å²) in [6, 6.07) is 13.4. The van der Waals surface area contributed by atoms with Crippen molar-refractivity contribution in [1.29, 1.82) is 0 Å². The molecule has 1 aliphatic rings. The number of amides is 1. The minimum Gasteiger partial charge on any atom is -0.408 e. The van der Waals surface area contributed by atoms with Crippen molar-refractivity contribution in [2.24, 2.45) is 0 Å². The third-order valence-corrected chi connectivity index (χ3v) is 5.94. The lowest BCUT2D eigenvalue weighted by atomic mass is 10.1. The van der Waals surface area contributed by atoms with Crippen molar-refractivity contribution in [1.82, 2.24) is 4.57 Å². The van der Waals surface area contributed by atoms with E-state index in [-0.39, 0.29) is 18.9 Å².